The van der Waals surface area contributed by atoms with Crippen LogP contribution in [0.5, 0.6) is 5.75 Å². The van der Waals surface area contributed by atoms with Crippen LogP contribution in [0, 0.1) is 17.7 Å². The van der Waals surface area contributed by atoms with E-state index in [0.717, 1.165) is 40.3 Å². The average Bonchev–Trinajstić information content (AvgIpc) is 2.79. The van der Waals surface area contributed by atoms with Crippen molar-refractivity contribution in [3.8, 4) is 29.0 Å². The van der Waals surface area contributed by atoms with E-state index in [1.807, 2.05) is 42.5 Å². The monoisotopic (exact) mass is 396 g/mol. The Balaban J connectivity index is 1.46. The molecule has 0 unspecified atom stereocenters. The summed E-state index contributed by atoms with van der Waals surface area (Å²) in [5, 5.41) is 1.84. The van der Waals surface area contributed by atoms with Gasteiger partial charge >= 0.3 is 0 Å². The third-order valence-electron chi connectivity index (χ3n) is 4.69. The van der Waals surface area contributed by atoms with Gasteiger partial charge in [-0.25, -0.2) is 14.4 Å². The second kappa shape index (κ2) is 9.19. The van der Waals surface area contributed by atoms with Crippen LogP contribution in [0.1, 0.15) is 30.9 Å². The van der Waals surface area contributed by atoms with E-state index in [1.54, 1.807) is 18.5 Å². The van der Waals surface area contributed by atoms with Crippen molar-refractivity contribution in [2.24, 2.45) is 0 Å². The summed E-state index contributed by atoms with van der Waals surface area (Å²) in [6.07, 6.45) is 5.52. The fourth-order valence-electron chi connectivity index (χ4n) is 3.02. The number of rotatable bonds is 5. The summed E-state index contributed by atoms with van der Waals surface area (Å²) in [7, 11) is 0. The summed E-state index contributed by atoms with van der Waals surface area (Å²) in [6, 6.07) is 18.3. The Kier molecular flexibility index (Phi) is 6.01. The highest BCUT2D eigenvalue weighted by atomic mass is 19.1. The van der Waals surface area contributed by atoms with E-state index in [1.165, 1.54) is 12.1 Å². The van der Waals surface area contributed by atoms with Crippen molar-refractivity contribution in [1.82, 2.24) is 9.97 Å². The van der Waals surface area contributed by atoms with Gasteiger partial charge in [-0.1, -0.05) is 37.3 Å². The maximum atomic E-state index is 13.3. The third-order valence-corrected chi connectivity index (χ3v) is 4.69. The summed E-state index contributed by atoms with van der Waals surface area (Å²) in [5.74, 6) is 7.44. The molecule has 4 aromatic rings. The van der Waals surface area contributed by atoms with Crippen LogP contribution in [0.2, 0.25) is 0 Å². The van der Waals surface area contributed by atoms with Crippen LogP contribution in [-0.4, -0.2) is 16.6 Å². The minimum absolute atomic E-state index is 0.232. The highest BCUT2D eigenvalue weighted by molar-refractivity contribution is 5.84. The van der Waals surface area contributed by atoms with Crippen LogP contribution in [0.25, 0.3) is 22.2 Å². The van der Waals surface area contributed by atoms with Gasteiger partial charge in [-0.3, -0.25) is 0 Å². The molecular formula is C26H21FN2O. The lowest BCUT2D eigenvalue weighted by Gasteiger charge is -2.05. The average molecular weight is 396 g/mol. The van der Waals surface area contributed by atoms with Gasteiger partial charge in [-0.15, -0.1) is 0 Å². The van der Waals surface area contributed by atoms with Crippen LogP contribution < -0.4 is 4.74 Å². The Morgan fingerprint density at radius 2 is 1.50 bits per heavy atom. The Morgan fingerprint density at radius 1 is 0.833 bits per heavy atom. The van der Waals surface area contributed by atoms with E-state index in [2.05, 4.69) is 28.7 Å². The minimum atomic E-state index is -0.232. The van der Waals surface area contributed by atoms with Crippen LogP contribution >= 0.6 is 0 Å². The first-order chi connectivity index (χ1) is 14.7. The fourth-order valence-corrected chi connectivity index (χ4v) is 3.02. The van der Waals surface area contributed by atoms with Crippen molar-refractivity contribution in [1.29, 1.82) is 0 Å². The van der Waals surface area contributed by atoms with Gasteiger partial charge in [0.25, 0.3) is 0 Å². The Morgan fingerprint density at radius 3 is 2.27 bits per heavy atom. The lowest BCUT2D eigenvalue weighted by atomic mass is 10.1. The largest absolute Gasteiger partial charge is 0.490 e. The molecule has 0 saturated heterocycles. The number of benzene rings is 3. The van der Waals surface area contributed by atoms with E-state index >= 15 is 0 Å². The van der Waals surface area contributed by atoms with E-state index in [4.69, 9.17) is 4.74 Å². The molecule has 0 aliphatic rings. The highest BCUT2D eigenvalue weighted by Gasteiger charge is 2.02. The number of fused-ring (bicyclic) bond motifs is 1. The first-order valence-electron chi connectivity index (χ1n) is 9.98. The van der Waals surface area contributed by atoms with Gasteiger partial charge in [0.2, 0.25) is 0 Å². The molecule has 0 N–H and O–H groups in total. The molecular weight excluding hydrogens is 375 g/mol. The molecule has 0 aliphatic carbocycles. The highest BCUT2D eigenvalue weighted by Crippen LogP contribution is 2.19. The Labute approximate surface area is 175 Å². The zero-order chi connectivity index (χ0) is 20.8. The second-order valence-electron chi connectivity index (χ2n) is 6.98. The van der Waals surface area contributed by atoms with Crippen molar-refractivity contribution in [2.75, 3.05) is 6.61 Å². The smallest absolute Gasteiger partial charge is 0.159 e. The van der Waals surface area contributed by atoms with Gasteiger partial charge in [-0.05, 0) is 65.7 Å². The van der Waals surface area contributed by atoms with Crippen LogP contribution in [0.3, 0.4) is 0 Å². The van der Waals surface area contributed by atoms with Crippen molar-refractivity contribution in [3.05, 3.63) is 90.0 Å². The molecule has 3 aromatic carbocycles. The quantitative estimate of drug-likeness (QED) is 0.306. The molecule has 4 heteroatoms. The van der Waals surface area contributed by atoms with Crippen molar-refractivity contribution in [3.63, 3.8) is 0 Å². The van der Waals surface area contributed by atoms with E-state index in [0.29, 0.717) is 18.2 Å². The van der Waals surface area contributed by atoms with Gasteiger partial charge in [0.1, 0.15) is 5.82 Å². The number of hydrogen-bond acceptors (Lipinski definition) is 3. The molecule has 0 spiro atoms. The zero-order valence-corrected chi connectivity index (χ0v) is 16.7. The van der Waals surface area contributed by atoms with Crippen molar-refractivity contribution < 1.29 is 9.13 Å². The van der Waals surface area contributed by atoms with Crippen molar-refractivity contribution in [2.45, 2.75) is 19.8 Å². The predicted octanol–water partition coefficient (Wildman–Crippen LogP) is 6.01. The lowest BCUT2D eigenvalue weighted by Crippen LogP contribution is -1.98. The minimum Gasteiger partial charge on any atom is -0.490 e. The van der Waals surface area contributed by atoms with Gasteiger partial charge in [0.05, 0.1) is 19.0 Å². The summed E-state index contributed by atoms with van der Waals surface area (Å²) < 4.78 is 18.9. The Bertz CT molecular complexity index is 1210. The number of nitrogens with zero attached hydrogens (tertiary/aromatic N) is 2. The molecule has 1 heterocycles. The number of halogens is 1. The molecule has 0 saturated carbocycles. The summed E-state index contributed by atoms with van der Waals surface area (Å²) in [6.45, 7) is 2.81. The van der Waals surface area contributed by atoms with Crippen LogP contribution in [0.15, 0.2) is 73.1 Å². The maximum absolute atomic E-state index is 13.3. The molecule has 0 amide bonds. The molecule has 4 rings (SSSR count). The van der Waals surface area contributed by atoms with Gasteiger partial charge in [0.15, 0.2) is 11.6 Å². The molecule has 1 aromatic heterocycles. The first kappa shape index (κ1) is 19.6. The van der Waals surface area contributed by atoms with Gasteiger partial charge in [0, 0.05) is 16.7 Å². The summed E-state index contributed by atoms with van der Waals surface area (Å²) >= 11 is 0. The second-order valence-corrected chi connectivity index (χ2v) is 6.98. The topological polar surface area (TPSA) is 35.0 Å². The van der Waals surface area contributed by atoms with Crippen molar-refractivity contribution >= 4 is 10.8 Å². The SMILES string of the molecule is CCCCOc1cnc(-c2ccc(C#Cc3ccc4cc(F)ccc4c3)cc2)nc1. The predicted molar refractivity (Wildman–Crippen MR) is 118 cm³/mol. The number of aromatic nitrogens is 2. The fraction of sp³-hybridized carbons (Fsp3) is 0.154. The first-order valence-corrected chi connectivity index (χ1v) is 9.98. The summed E-state index contributed by atoms with van der Waals surface area (Å²) in [4.78, 5) is 8.77. The number of unbranched alkanes of at least 4 members (excludes halogenated alkanes) is 1. The lowest BCUT2D eigenvalue weighted by molar-refractivity contribution is 0.307. The van der Waals surface area contributed by atoms with E-state index < -0.39 is 0 Å². The third kappa shape index (κ3) is 4.82. The zero-order valence-electron chi connectivity index (χ0n) is 16.7. The number of ether oxygens (including phenoxy) is 1. The van der Waals surface area contributed by atoms with Gasteiger partial charge in [-0.2, -0.15) is 0 Å². The van der Waals surface area contributed by atoms with Crippen LogP contribution in [0.4, 0.5) is 4.39 Å². The maximum Gasteiger partial charge on any atom is 0.159 e. The molecule has 0 aliphatic heterocycles. The molecule has 0 bridgehead atoms. The van der Waals surface area contributed by atoms with E-state index in [9.17, 15) is 4.39 Å². The molecule has 148 valence electrons. The summed E-state index contributed by atoms with van der Waals surface area (Å²) in [5.41, 5.74) is 2.71. The van der Waals surface area contributed by atoms with Gasteiger partial charge < -0.3 is 4.74 Å². The standard InChI is InChI=1S/C26H21FN2O/c1-2-3-14-30-25-17-28-26(29-18-25)21-9-6-19(7-10-21)4-5-20-8-11-23-16-24(27)13-12-22(23)15-20/h6-13,15-18H,2-3,14H2,1H3. The molecule has 0 atom stereocenters. The van der Waals surface area contributed by atoms with Crippen LogP contribution in [-0.2, 0) is 0 Å². The number of hydrogen-bond donors (Lipinski definition) is 0. The molecule has 3 nitrogen and oxygen atoms in total. The molecule has 0 fully saturated rings. The van der Waals surface area contributed by atoms with E-state index in [-0.39, 0.29) is 5.82 Å². The Hall–Kier alpha value is -3.71. The molecule has 0 radical (unpaired) electrons. The molecule has 30 heavy (non-hydrogen) atoms. The normalized spacial score (nSPS) is 10.5.